The first-order chi connectivity index (χ1) is 6.06. The molecule has 0 aromatic carbocycles. The Morgan fingerprint density at radius 3 is 2.62 bits per heavy atom. The molecular formula is C10H14N2O. The molecule has 0 amide bonds. The van der Waals surface area contributed by atoms with Gasteiger partial charge in [0.2, 0.25) is 0 Å². The zero-order valence-electron chi connectivity index (χ0n) is 7.99. The zero-order valence-corrected chi connectivity index (χ0v) is 7.99. The molecule has 1 N–H and O–H groups in total. The van der Waals surface area contributed by atoms with E-state index in [1.165, 1.54) is 0 Å². The minimum absolute atomic E-state index is 0.00301. The molecule has 0 bridgehead atoms. The Labute approximate surface area is 77.8 Å². The SMILES string of the molecule is CC1(C(C)(O)c2cnccn2)CC1. The molecule has 0 saturated heterocycles. The van der Waals surface area contributed by atoms with Crippen molar-refractivity contribution in [2.24, 2.45) is 5.41 Å². The monoisotopic (exact) mass is 178 g/mol. The van der Waals surface area contributed by atoms with Crippen LogP contribution >= 0.6 is 0 Å². The molecule has 1 aliphatic rings. The van der Waals surface area contributed by atoms with E-state index in [2.05, 4.69) is 16.9 Å². The lowest BCUT2D eigenvalue weighted by molar-refractivity contribution is -0.0170. The predicted molar refractivity (Wildman–Crippen MR) is 48.9 cm³/mol. The van der Waals surface area contributed by atoms with Crippen LogP contribution in [0.3, 0.4) is 0 Å². The van der Waals surface area contributed by atoms with E-state index in [0.29, 0.717) is 5.69 Å². The van der Waals surface area contributed by atoms with Crippen LogP contribution in [0.25, 0.3) is 0 Å². The molecule has 1 fully saturated rings. The fourth-order valence-electron chi connectivity index (χ4n) is 1.53. The highest BCUT2D eigenvalue weighted by Gasteiger charge is 2.53. The summed E-state index contributed by atoms with van der Waals surface area (Å²) in [6.07, 6.45) is 7.01. The van der Waals surface area contributed by atoms with Gasteiger partial charge in [0, 0.05) is 17.8 Å². The van der Waals surface area contributed by atoms with Crippen molar-refractivity contribution in [1.29, 1.82) is 0 Å². The summed E-state index contributed by atoms with van der Waals surface area (Å²) in [5.41, 5.74) is -0.153. The van der Waals surface area contributed by atoms with Gasteiger partial charge >= 0.3 is 0 Å². The van der Waals surface area contributed by atoms with E-state index in [4.69, 9.17) is 0 Å². The quantitative estimate of drug-likeness (QED) is 0.746. The molecule has 1 heterocycles. The number of aliphatic hydroxyl groups is 1. The van der Waals surface area contributed by atoms with Gasteiger partial charge in [0.25, 0.3) is 0 Å². The molecule has 1 aliphatic carbocycles. The van der Waals surface area contributed by atoms with Gasteiger partial charge in [0.05, 0.1) is 11.9 Å². The lowest BCUT2D eigenvalue weighted by Crippen LogP contribution is -2.32. The van der Waals surface area contributed by atoms with Crippen molar-refractivity contribution in [1.82, 2.24) is 9.97 Å². The molecule has 1 atom stereocenters. The van der Waals surface area contributed by atoms with Crippen molar-refractivity contribution >= 4 is 0 Å². The molecule has 3 nitrogen and oxygen atoms in total. The zero-order chi connectivity index (χ0) is 9.53. The van der Waals surface area contributed by atoms with Gasteiger partial charge in [-0.2, -0.15) is 0 Å². The Bertz CT molecular complexity index is 304. The molecule has 0 aliphatic heterocycles. The van der Waals surface area contributed by atoms with Crippen LogP contribution in [0.4, 0.5) is 0 Å². The lowest BCUT2D eigenvalue weighted by Gasteiger charge is -2.29. The largest absolute Gasteiger partial charge is 0.383 e. The minimum atomic E-state index is -0.832. The molecule has 1 aromatic rings. The van der Waals surface area contributed by atoms with Crippen LogP contribution in [-0.2, 0) is 5.60 Å². The number of hydrogen-bond donors (Lipinski definition) is 1. The summed E-state index contributed by atoms with van der Waals surface area (Å²) < 4.78 is 0. The topological polar surface area (TPSA) is 46.0 Å². The molecule has 0 radical (unpaired) electrons. The van der Waals surface area contributed by atoms with Crippen molar-refractivity contribution in [3.8, 4) is 0 Å². The van der Waals surface area contributed by atoms with Crippen molar-refractivity contribution < 1.29 is 5.11 Å². The van der Waals surface area contributed by atoms with Crippen molar-refractivity contribution in [3.05, 3.63) is 24.3 Å². The molecule has 3 heteroatoms. The normalized spacial score (nSPS) is 23.6. The number of rotatable bonds is 2. The standard InChI is InChI=1S/C10H14N2O/c1-9(3-4-9)10(2,13)8-7-11-5-6-12-8/h5-7,13H,3-4H2,1-2H3. The van der Waals surface area contributed by atoms with Gasteiger partial charge in [-0.1, -0.05) is 6.92 Å². The van der Waals surface area contributed by atoms with Crippen LogP contribution in [0.2, 0.25) is 0 Å². The summed E-state index contributed by atoms with van der Waals surface area (Å²) in [5.74, 6) is 0. The van der Waals surface area contributed by atoms with Gasteiger partial charge in [-0.15, -0.1) is 0 Å². The summed E-state index contributed by atoms with van der Waals surface area (Å²) >= 11 is 0. The van der Waals surface area contributed by atoms with Gasteiger partial charge in [0.1, 0.15) is 5.60 Å². The maximum Gasteiger partial charge on any atom is 0.111 e. The summed E-state index contributed by atoms with van der Waals surface area (Å²) in [7, 11) is 0. The summed E-state index contributed by atoms with van der Waals surface area (Å²) in [4.78, 5) is 8.11. The third-order valence-corrected chi connectivity index (χ3v) is 3.24. The lowest BCUT2D eigenvalue weighted by atomic mass is 9.85. The molecule has 70 valence electrons. The minimum Gasteiger partial charge on any atom is -0.383 e. The van der Waals surface area contributed by atoms with Crippen molar-refractivity contribution in [2.45, 2.75) is 32.3 Å². The van der Waals surface area contributed by atoms with Gasteiger partial charge in [-0.3, -0.25) is 9.97 Å². The van der Waals surface area contributed by atoms with Gasteiger partial charge in [-0.25, -0.2) is 0 Å². The number of aromatic nitrogens is 2. The van der Waals surface area contributed by atoms with Crippen LogP contribution in [0, 0.1) is 5.41 Å². The fraction of sp³-hybridized carbons (Fsp3) is 0.600. The van der Waals surface area contributed by atoms with Crippen LogP contribution in [0.15, 0.2) is 18.6 Å². The fourth-order valence-corrected chi connectivity index (χ4v) is 1.53. The van der Waals surface area contributed by atoms with Gasteiger partial charge in [0.15, 0.2) is 0 Å². The van der Waals surface area contributed by atoms with E-state index < -0.39 is 5.60 Å². The highest BCUT2D eigenvalue weighted by atomic mass is 16.3. The van der Waals surface area contributed by atoms with Crippen LogP contribution < -0.4 is 0 Å². The second-order valence-electron chi connectivity index (χ2n) is 4.22. The van der Waals surface area contributed by atoms with Gasteiger partial charge < -0.3 is 5.11 Å². The van der Waals surface area contributed by atoms with E-state index in [1.807, 2.05) is 6.92 Å². The Morgan fingerprint density at radius 1 is 1.46 bits per heavy atom. The second-order valence-corrected chi connectivity index (χ2v) is 4.22. The Morgan fingerprint density at radius 2 is 2.15 bits per heavy atom. The number of hydrogen-bond acceptors (Lipinski definition) is 3. The Kier molecular flexibility index (Phi) is 1.67. The summed E-state index contributed by atoms with van der Waals surface area (Å²) in [5, 5.41) is 10.3. The summed E-state index contributed by atoms with van der Waals surface area (Å²) in [6.45, 7) is 3.91. The smallest absolute Gasteiger partial charge is 0.111 e. The van der Waals surface area contributed by atoms with Crippen LogP contribution in [0.5, 0.6) is 0 Å². The van der Waals surface area contributed by atoms with E-state index in [1.54, 1.807) is 18.6 Å². The predicted octanol–water partition coefficient (Wildman–Crippen LogP) is 1.48. The maximum atomic E-state index is 10.3. The second kappa shape index (κ2) is 2.51. The molecule has 1 unspecified atom stereocenters. The van der Waals surface area contributed by atoms with Crippen molar-refractivity contribution in [2.75, 3.05) is 0 Å². The van der Waals surface area contributed by atoms with E-state index >= 15 is 0 Å². The first kappa shape index (κ1) is 8.63. The summed E-state index contributed by atoms with van der Waals surface area (Å²) in [6, 6.07) is 0. The third kappa shape index (κ3) is 1.23. The maximum absolute atomic E-state index is 10.3. The van der Waals surface area contributed by atoms with E-state index in [0.717, 1.165) is 12.8 Å². The molecular weight excluding hydrogens is 164 g/mol. The average molecular weight is 178 g/mol. The van der Waals surface area contributed by atoms with Crippen LogP contribution in [-0.4, -0.2) is 15.1 Å². The third-order valence-electron chi connectivity index (χ3n) is 3.24. The number of nitrogens with zero attached hydrogens (tertiary/aromatic N) is 2. The highest BCUT2D eigenvalue weighted by Crippen LogP contribution is 2.57. The van der Waals surface area contributed by atoms with Crippen LogP contribution in [0.1, 0.15) is 32.4 Å². The first-order valence-corrected chi connectivity index (χ1v) is 4.55. The Hall–Kier alpha value is -0.960. The van der Waals surface area contributed by atoms with E-state index in [9.17, 15) is 5.11 Å². The molecule has 1 saturated carbocycles. The average Bonchev–Trinajstić information content (AvgIpc) is 2.87. The van der Waals surface area contributed by atoms with E-state index in [-0.39, 0.29) is 5.41 Å². The Balaban J connectivity index is 2.35. The molecule has 2 rings (SSSR count). The molecule has 1 aromatic heterocycles. The van der Waals surface area contributed by atoms with Crippen molar-refractivity contribution in [3.63, 3.8) is 0 Å². The molecule has 0 spiro atoms. The highest BCUT2D eigenvalue weighted by molar-refractivity contribution is 5.16. The van der Waals surface area contributed by atoms with Gasteiger partial charge in [-0.05, 0) is 19.8 Å². The molecule has 13 heavy (non-hydrogen) atoms. The first-order valence-electron chi connectivity index (χ1n) is 4.55.